The Morgan fingerprint density at radius 1 is 1.36 bits per heavy atom. The minimum absolute atomic E-state index is 0.00583. The van der Waals surface area contributed by atoms with E-state index in [1.54, 1.807) is 13.3 Å². The van der Waals surface area contributed by atoms with Crippen LogP contribution in [0.3, 0.4) is 0 Å². The fraction of sp³-hybridized carbons (Fsp3) is 0.316. The number of aromatic nitrogens is 3. The highest BCUT2D eigenvalue weighted by Gasteiger charge is 2.23. The molecule has 0 aliphatic carbocycles. The van der Waals surface area contributed by atoms with Gasteiger partial charge in [-0.1, -0.05) is 0 Å². The molecule has 3 heterocycles. The molecule has 1 aliphatic heterocycles. The standard InChI is InChI=1S/C19H20N4O2/c1-11-15(12(2)24)9-20-19(21-11)23-7-6-18-16(10-23)14-8-13(25-3)4-5-17(14)22-18/h4-5,8-9,22H,6-7,10H2,1-3H3. The highest BCUT2D eigenvalue weighted by atomic mass is 16.5. The average Bonchev–Trinajstić information content (AvgIpc) is 2.98. The zero-order valence-corrected chi connectivity index (χ0v) is 14.6. The van der Waals surface area contributed by atoms with Gasteiger partial charge in [0.1, 0.15) is 5.75 Å². The second-order valence-electron chi connectivity index (χ2n) is 6.39. The van der Waals surface area contributed by atoms with Crippen LogP contribution >= 0.6 is 0 Å². The predicted molar refractivity (Wildman–Crippen MR) is 96.4 cm³/mol. The Morgan fingerprint density at radius 3 is 2.92 bits per heavy atom. The molecule has 3 aromatic rings. The SMILES string of the molecule is COc1ccc2[nH]c3c(c2c1)CN(c1ncc(C(C)=O)c(C)n1)CC3. The van der Waals surface area contributed by atoms with Crippen molar-refractivity contribution in [3.8, 4) is 5.75 Å². The molecule has 6 heteroatoms. The van der Waals surface area contributed by atoms with E-state index in [1.165, 1.54) is 23.6 Å². The minimum Gasteiger partial charge on any atom is -0.497 e. The van der Waals surface area contributed by atoms with Crippen LogP contribution in [0.4, 0.5) is 5.95 Å². The number of rotatable bonds is 3. The van der Waals surface area contributed by atoms with E-state index in [-0.39, 0.29) is 5.78 Å². The highest BCUT2D eigenvalue weighted by Crippen LogP contribution is 2.31. The molecule has 0 atom stereocenters. The molecule has 1 aromatic carbocycles. The van der Waals surface area contributed by atoms with Gasteiger partial charge in [0.25, 0.3) is 0 Å². The summed E-state index contributed by atoms with van der Waals surface area (Å²) in [4.78, 5) is 26.2. The molecule has 0 unspecified atom stereocenters. The first-order chi connectivity index (χ1) is 12.1. The van der Waals surface area contributed by atoms with Crippen molar-refractivity contribution in [2.75, 3.05) is 18.6 Å². The number of anilines is 1. The molecule has 2 aromatic heterocycles. The summed E-state index contributed by atoms with van der Waals surface area (Å²) < 4.78 is 5.36. The number of hydrogen-bond acceptors (Lipinski definition) is 5. The second kappa shape index (κ2) is 5.88. The van der Waals surface area contributed by atoms with Gasteiger partial charge in [0.2, 0.25) is 5.95 Å². The van der Waals surface area contributed by atoms with Crippen LogP contribution in [0.2, 0.25) is 0 Å². The molecule has 0 saturated heterocycles. The number of benzene rings is 1. The van der Waals surface area contributed by atoms with Crippen molar-refractivity contribution in [3.05, 3.63) is 46.9 Å². The van der Waals surface area contributed by atoms with E-state index >= 15 is 0 Å². The summed E-state index contributed by atoms with van der Waals surface area (Å²) in [6.45, 7) is 4.98. The van der Waals surface area contributed by atoms with Crippen molar-refractivity contribution >= 4 is 22.6 Å². The number of aromatic amines is 1. The zero-order valence-electron chi connectivity index (χ0n) is 14.6. The van der Waals surface area contributed by atoms with Crippen molar-refractivity contribution in [2.24, 2.45) is 0 Å². The first-order valence-electron chi connectivity index (χ1n) is 8.34. The number of Topliss-reactive ketones (excluding diaryl/α,β-unsaturated/α-hetero) is 1. The highest BCUT2D eigenvalue weighted by molar-refractivity contribution is 5.94. The molecule has 0 radical (unpaired) electrons. The van der Waals surface area contributed by atoms with Gasteiger partial charge in [-0.3, -0.25) is 4.79 Å². The van der Waals surface area contributed by atoms with E-state index in [4.69, 9.17) is 4.74 Å². The largest absolute Gasteiger partial charge is 0.497 e. The van der Waals surface area contributed by atoms with Crippen molar-refractivity contribution in [1.29, 1.82) is 0 Å². The van der Waals surface area contributed by atoms with E-state index < -0.39 is 0 Å². The number of ether oxygens (including phenoxy) is 1. The summed E-state index contributed by atoms with van der Waals surface area (Å²) in [6, 6.07) is 6.09. The fourth-order valence-electron chi connectivity index (χ4n) is 3.44. The van der Waals surface area contributed by atoms with Crippen molar-refractivity contribution < 1.29 is 9.53 Å². The minimum atomic E-state index is -0.00583. The molecule has 0 saturated carbocycles. The third-order valence-corrected chi connectivity index (χ3v) is 4.81. The molecule has 0 spiro atoms. The third-order valence-electron chi connectivity index (χ3n) is 4.81. The molecule has 0 amide bonds. The molecule has 25 heavy (non-hydrogen) atoms. The number of carbonyl (C=O) groups excluding carboxylic acids is 1. The predicted octanol–water partition coefficient (Wildman–Crippen LogP) is 3.04. The number of methoxy groups -OCH3 is 1. The van der Waals surface area contributed by atoms with Crippen molar-refractivity contribution in [3.63, 3.8) is 0 Å². The molecule has 6 nitrogen and oxygen atoms in total. The summed E-state index contributed by atoms with van der Waals surface area (Å²) in [7, 11) is 1.68. The van der Waals surface area contributed by atoms with E-state index in [0.29, 0.717) is 11.5 Å². The van der Waals surface area contributed by atoms with Gasteiger partial charge in [0.05, 0.1) is 18.4 Å². The lowest BCUT2D eigenvalue weighted by Crippen LogP contribution is -2.31. The zero-order chi connectivity index (χ0) is 17.6. The van der Waals surface area contributed by atoms with Gasteiger partial charge in [-0.2, -0.15) is 0 Å². The maximum atomic E-state index is 11.6. The summed E-state index contributed by atoms with van der Waals surface area (Å²) in [5.74, 6) is 1.52. The van der Waals surface area contributed by atoms with Gasteiger partial charge in [-0.05, 0) is 32.0 Å². The smallest absolute Gasteiger partial charge is 0.225 e. The van der Waals surface area contributed by atoms with Gasteiger partial charge in [-0.15, -0.1) is 0 Å². The first-order valence-corrected chi connectivity index (χ1v) is 8.34. The van der Waals surface area contributed by atoms with E-state index in [0.717, 1.165) is 36.5 Å². The molecular weight excluding hydrogens is 316 g/mol. The normalized spacial score (nSPS) is 13.8. The van der Waals surface area contributed by atoms with Gasteiger partial charge < -0.3 is 14.6 Å². The quantitative estimate of drug-likeness (QED) is 0.744. The number of H-pyrrole nitrogens is 1. The van der Waals surface area contributed by atoms with Crippen LogP contribution in [0, 0.1) is 6.92 Å². The number of hydrogen-bond donors (Lipinski definition) is 1. The lowest BCUT2D eigenvalue weighted by molar-refractivity contribution is 0.101. The van der Waals surface area contributed by atoms with E-state index in [9.17, 15) is 4.79 Å². The van der Waals surface area contributed by atoms with Gasteiger partial charge in [-0.25, -0.2) is 9.97 Å². The van der Waals surface area contributed by atoms with Gasteiger partial charge in [0, 0.05) is 47.9 Å². The van der Waals surface area contributed by atoms with Gasteiger partial charge >= 0.3 is 0 Å². The average molecular weight is 336 g/mol. The number of ketones is 1. The molecule has 0 bridgehead atoms. The number of aryl methyl sites for hydroxylation is 1. The Hall–Kier alpha value is -2.89. The Bertz CT molecular complexity index is 977. The topological polar surface area (TPSA) is 71.1 Å². The van der Waals surface area contributed by atoms with Crippen LogP contribution in [-0.2, 0) is 13.0 Å². The molecule has 128 valence electrons. The molecular formula is C19H20N4O2. The maximum Gasteiger partial charge on any atom is 0.225 e. The van der Waals surface area contributed by atoms with Crippen LogP contribution in [0.25, 0.3) is 10.9 Å². The molecule has 4 rings (SSSR count). The Morgan fingerprint density at radius 2 is 2.20 bits per heavy atom. The lowest BCUT2D eigenvalue weighted by atomic mass is 10.0. The summed E-state index contributed by atoms with van der Waals surface area (Å²) in [6.07, 6.45) is 2.54. The monoisotopic (exact) mass is 336 g/mol. The summed E-state index contributed by atoms with van der Waals surface area (Å²) >= 11 is 0. The summed E-state index contributed by atoms with van der Waals surface area (Å²) in [5, 5.41) is 1.18. The third kappa shape index (κ3) is 2.63. The summed E-state index contributed by atoms with van der Waals surface area (Å²) in [5.41, 5.74) is 4.95. The number of nitrogens with one attached hydrogen (secondary N) is 1. The maximum absolute atomic E-state index is 11.6. The fourth-order valence-corrected chi connectivity index (χ4v) is 3.44. The molecule has 1 aliphatic rings. The molecule has 0 fully saturated rings. The Labute approximate surface area is 145 Å². The van der Waals surface area contributed by atoms with Crippen LogP contribution in [0.5, 0.6) is 5.75 Å². The van der Waals surface area contributed by atoms with E-state index in [1.807, 2.05) is 13.0 Å². The van der Waals surface area contributed by atoms with Crippen LogP contribution < -0.4 is 9.64 Å². The number of nitrogens with zero attached hydrogens (tertiary/aromatic N) is 3. The van der Waals surface area contributed by atoms with Crippen molar-refractivity contribution in [2.45, 2.75) is 26.8 Å². The Kier molecular flexibility index (Phi) is 3.67. The van der Waals surface area contributed by atoms with Gasteiger partial charge in [0.15, 0.2) is 5.78 Å². The van der Waals surface area contributed by atoms with Crippen molar-refractivity contribution in [1.82, 2.24) is 15.0 Å². The Balaban J connectivity index is 1.70. The van der Waals surface area contributed by atoms with E-state index in [2.05, 4.69) is 32.0 Å². The molecule has 1 N–H and O–H groups in total. The van der Waals surface area contributed by atoms with Crippen LogP contribution in [0.1, 0.15) is 34.2 Å². The van der Waals surface area contributed by atoms with Crippen LogP contribution in [-0.4, -0.2) is 34.4 Å². The lowest BCUT2D eigenvalue weighted by Gasteiger charge is -2.27. The second-order valence-corrected chi connectivity index (χ2v) is 6.39. The number of fused-ring (bicyclic) bond motifs is 3. The first kappa shape index (κ1) is 15.6. The number of carbonyl (C=O) groups is 1. The van der Waals surface area contributed by atoms with Crippen LogP contribution in [0.15, 0.2) is 24.4 Å².